The van der Waals surface area contributed by atoms with Crippen LogP contribution in [0.3, 0.4) is 0 Å². The number of hydrogen-bond donors (Lipinski definition) is 2. The molecule has 2 aromatic rings. The van der Waals surface area contributed by atoms with Crippen molar-refractivity contribution in [3.05, 3.63) is 60.2 Å². The maximum Gasteiger partial charge on any atom is 0.320 e. The van der Waals surface area contributed by atoms with E-state index in [0.717, 1.165) is 5.56 Å². The van der Waals surface area contributed by atoms with E-state index in [1.165, 1.54) is 12.1 Å². The molecule has 0 bridgehead atoms. The van der Waals surface area contributed by atoms with Gasteiger partial charge in [0, 0.05) is 5.69 Å². The third kappa shape index (κ3) is 4.32. The standard InChI is InChI=1S/C15H16N2O3S/c1-12-7-9-14(10-8-12)21(19,20)11-16-15(18)17-13-5-3-2-4-6-13/h2-10H,11H2,1H3,(H2,16,17,18). The molecule has 110 valence electrons. The van der Waals surface area contributed by atoms with Crippen molar-refractivity contribution in [3.8, 4) is 0 Å². The minimum absolute atomic E-state index is 0.188. The molecule has 6 heteroatoms. The van der Waals surface area contributed by atoms with Crippen LogP contribution in [-0.2, 0) is 9.84 Å². The Bertz CT molecular complexity index is 710. The molecule has 21 heavy (non-hydrogen) atoms. The van der Waals surface area contributed by atoms with Crippen LogP contribution in [0.15, 0.2) is 59.5 Å². The summed E-state index contributed by atoms with van der Waals surface area (Å²) in [7, 11) is -3.54. The number of carbonyl (C=O) groups is 1. The van der Waals surface area contributed by atoms with Gasteiger partial charge in [0.25, 0.3) is 0 Å². The summed E-state index contributed by atoms with van der Waals surface area (Å²) in [6.45, 7) is 1.88. The van der Waals surface area contributed by atoms with E-state index < -0.39 is 21.7 Å². The number of nitrogens with one attached hydrogen (secondary N) is 2. The number of hydrogen-bond acceptors (Lipinski definition) is 3. The van der Waals surface area contributed by atoms with Gasteiger partial charge in [-0.25, -0.2) is 13.2 Å². The van der Waals surface area contributed by atoms with Crippen molar-refractivity contribution in [2.45, 2.75) is 11.8 Å². The topological polar surface area (TPSA) is 75.3 Å². The Hall–Kier alpha value is -2.34. The van der Waals surface area contributed by atoms with Crippen LogP contribution in [0, 0.1) is 6.92 Å². The molecule has 2 aromatic carbocycles. The largest absolute Gasteiger partial charge is 0.323 e. The molecule has 0 radical (unpaired) electrons. The predicted molar refractivity (Wildman–Crippen MR) is 81.8 cm³/mol. The number of benzene rings is 2. The molecule has 0 spiro atoms. The highest BCUT2D eigenvalue weighted by Gasteiger charge is 2.15. The molecule has 0 aliphatic carbocycles. The maximum atomic E-state index is 12.1. The molecule has 2 N–H and O–H groups in total. The van der Waals surface area contributed by atoms with Gasteiger partial charge in [0.1, 0.15) is 5.88 Å². The molecule has 0 aliphatic heterocycles. The number of urea groups is 1. The molecule has 0 unspecified atom stereocenters. The van der Waals surface area contributed by atoms with Crippen molar-refractivity contribution in [3.63, 3.8) is 0 Å². The first-order valence-electron chi connectivity index (χ1n) is 6.37. The Morgan fingerprint density at radius 2 is 1.62 bits per heavy atom. The van der Waals surface area contributed by atoms with Crippen LogP contribution < -0.4 is 10.6 Å². The summed E-state index contributed by atoms with van der Waals surface area (Å²) < 4.78 is 24.1. The van der Waals surface area contributed by atoms with Crippen molar-refractivity contribution < 1.29 is 13.2 Å². The number of aryl methyl sites for hydroxylation is 1. The Kier molecular flexibility index (Phi) is 4.59. The Morgan fingerprint density at radius 1 is 1.00 bits per heavy atom. The Morgan fingerprint density at radius 3 is 2.24 bits per heavy atom. The van der Waals surface area contributed by atoms with Gasteiger partial charge < -0.3 is 10.6 Å². The van der Waals surface area contributed by atoms with E-state index in [0.29, 0.717) is 5.69 Å². The fraction of sp³-hybridized carbons (Fsp3) is 0.133. The lowest BCUT2D eigenvalue weighted by atomic mass is 10.2. The third-order valence-corrected chi connectivity index (χ3v) is 4.35. The SMILES string of the molecule is Cc1ccc(S(=O)(=O)CNC(=O)Nc2ccccc2)cc1. The summed E-state index contributed by atoms with van der Waals surface area (Å²) in [5.41, 5.74) is 1.58. The second-order valence-corrected chi connectivity index (χ2v) is 6.56. The normalized spacial score (nSPS) is 10.9. The monoisotopic (exact) mass is 304 g/mol. The molecule has 5 nitrogen and oxygen atoms in total. The summed E-state index contributed by atoms with van der Waals surface area (Å²) in [6.07, 6.45) is 0. The second-order valence-electron chi connectivity index (χ2n) is 4.57. The first-order chi connectivity index (χ1) is 9.97. The lowest BCUT2D eigenvalue weighted by Gasteiger charge is -2.08. The molecule has 2 amide bonds. The van der Waals surface area contributed by atoms with Crippen LogP contribution in [0.5, 0.6) is 0 Å². The summed E-state index contributed by atoms with van der Waals surface area (Å²) in [4.78, 5) is 11.8. The molecule has 0 saturated carbocycles. The molecule has 0 saturated heterocycles. The number of rotatable bonds is 4. The lowest BCUT2D eigenvalue weighted by Crippen LogP contribution is -2.33. The van der Waals surface area contributed by atoms with Gasteiger partial charge >= 0.3 is 6.03 Å². The average Bonchev–Trinajstić information content (AvgIpc) is 2.47. The van der Waals surface area contributed by atoms with Gasteiger partial charge in [0.05, 0.1) is 4.90 Å². The average molecular weight is 304 g/mol. The number of para-hydroxylation sites is 1. The van der Waals surface area contributed by atoms with Crippen molar-refractivity contribution in [1.29, 1.82) is 0 Å². The fourth-order valence-corrected chi connectivity index (χ4v) is 2.72. The summed E-state index contributed by atoms with van der Waals surface area (Å²) in [6, 6.07) is 14.7. The van der Waals surface area contributed by atoms with Gasteiger partial charge in [0.2, 0.25) is 0 Å². The van der Waals surface area contributed by atoms with Crippen LogP contribution >= 0.6 is 0 Å². The molecular formula is C15H16N2O3S. The quantitative estimate of drug-likeness (QED) is 0.911. The van der Waals surface area contributed by atoms with E-state index in [1.54, 1.807) is 36.4 Å². The van der Waals surface area contributed by atoms with E-state index in [-0.39, 0.29) is 4.90 Å². The summed E-state index contributed by atoms with van der Waals surface area (Å²) in [5, 5.41) is 4.91. The van der Waals surface area contributed by atoms with E-state index in [9.17, 15) is 13.2 Å². The minimum Gasteiger partial charge on any atom is -0.323 e. The molecule has 0 aliphatic rings. The van der Waals surface area contributed by atoms with Crippen molar-refractivity contribution in [2.24, 2.45) is 0 Å². The minimum atomic E-state index is -3.54. The zero-order valence-corrected chi connectivity index (χ0v) is 12.4. The molecular weight excluding hydrogens is 288 g/mol. The van der Waals surface area contributed by atoms with Gasteiger partial charge in [0.15, 0.2) is 9.84 Å². The highest BCUT2D eigenvalue weighted by molar-refractivity contribution is 7.91. The van der Waals surface area contributed by atoms with E-state index in [4.69, 9.17) is 0 Å². The van der Waals surface area contributed by atoms with Gasteiger partial charge in [-0.15, -0.1) is 0 Å². The van der Waals surface area contributed by atoms with Gasteiger partial charge in [-0.05, 0) is 31.2 Å². The lowest BCUT2D eigenvalue weighted by molar-refractivity contribution is 0.253. The zero-order chi connectivity index (χ0) is 15.3. The second kappa shape index (κ2) is 6.41. The van der Waals surface area contributed by atoms with Crippen LogP contribution in [0.4, 0.5) is 10.5 Å². The number of carbonyl (C=O) groups excluding carboxylic acids is 1. The van der Waals surface area contributed by atoms with Crippen molar-refractivity contribution >= 4 is 21.6 Å². The predicted octanol–water partition coefficient (Wildman–Crippen LogP) is 2.55. The molecule has 0 aromatic heterocycles. The van der Waals surface area contributed by atoms with Crippen molar-refractivity contribution in [2.75, 3.05) is 11.2 Å². The molecule has 2 rings (SSSR count). The summed E-state index contributed by atoms with van der Waals surface area (Å²) in [5.74, 6) is -0.450. The molecule has 0 fully saturated rings. The maximum absolute atomic E-state index is 12.1. The zero-order valence-electron chi connectivity index (χ0n) is 11.5. The van der Waals surface area contributed by atoms with Crippen molar-refractivity contribution in [1.82, 2.24) is 5.32 Å². The number of anilines is 1. The van der Waals surface area contributed by atoms with Crippen LogP contribution in [0.25, 0.3) is 0 Å². The van der Waals surface area contributed by atoms with Crippen LogP contribution in [0.2, 0.25) is 0 Å². The van der Waals surface area contributed by atoms with E-state index in [2.05, 4.69) is 10.6 Å². The third-order valence-electron chi connectivity index (χ3n) is 2.83. The number of sulfone groups is 1. The van der Waals surface area contributed by atoms with E-state index in [1.807, 2.05) is 13.0 Å². The highest BCUT2D eigenvalue weighted by atomic mass is 32.2. The Balaban J connectivity index is 1.95. The van der Waals surface area contributed by atoms with Crippen LogP contribution in [-0.4, -0.2) is 20.3 Å². The first-order valence-corrected chi connectivity index (χ1v) is 8.02. The molecule has 0 atom stereocenters. The number of amides is 2. The highest BCUT2D eigenvalue weighted by Crippen LogP contribution is 2.11. The first kappa shape index (κ1) is 15.1. The fourth-order valence-electron chi connectivity index (χ4n) is 1.69. The van der Waals surface area contributed by atoms with Gasteiger partial charge in [-0.1, -0.05) is 35.9 Å². The van der Waals surface area contributed by atoms with E-state index >= 15 is 0 Å². The summed E-state index contributed by atoms with van der Waals surface area (Å²) >= 11 is 0. The molecule has 0 heterocycles. The smallest absolute Gasteiger partial charge is 0.320 e. The Labute approximate surface area is 123 Å². The van der Waals surface area contributed by atoms with Crippen LogP contribution in [0.1, 0.15) is 5.56 Å². The van der Waals surface area contributed by atoms with Gasteiger partial charge in [-0.3, -0.25) is 0 Å². The van der Waals surface area contributed by atoms with Gasteiger partial charge in [-0.2, -0.15) is 0 Å².